The minimum Gasteiger partial charge on any atom is -0.460 e. The van der Waals surface area contributed by atoms with Crippen LogP contribution in [0.1, 0.15) is 32.6 Å². The zero-order valence-corrected chi connectivity index (χ0v) is 13.0. The Kier molecular flexibility index (Phi) is 4.52. The van der Waals surface area contributed by atoms with Crippen molar-refractivity contribution in [2.45, 2.75) is 40.2 Å². The number of nitrogens with zero attached hydrogens (tertiary/aromatic N) is 1. The van der Waals surface area contributed by atoms with Crippen LogP contribution < -0.4 is 11.2 Å². The molecular weight excluding hydrogens is 292 g/mol. The number of aromatic amines is 1. The minimum atomic E-state index is -0.740. The highest BCUT2D eigenvalue weighted by atomic mass is 16.7. The van der Waals surface area contributed by atoms with E-state index < -0.39 is 29.2 Å². The number of rotatable bonds is 3. The summed E-state index contributed by atoms with van der Waals surface area (Å²) in [6, 6.07) is 0. The molecular formula is C14H20N2O6. The molecule has 2 heterocycles. The molecule has 0 spiro atoms. The molecule has 1 fully saturated rings. The van der Waals surface area contributed by atoms with Gasteiger partial charge in [-0.05, 0) is 27.7 Å². The van der Waals surface area contributed by atoms with Crippen LogP contribution in [0, 0.1) is 12.3 Å². The van der Waals surface area contributed by atoms with E-state index in [-0.39, 0.29) is 19.2 Å². The van der Waals surface area contributed by atoms with Crippen molar-refractivity contribution in [2.24, 2.45) is 5.41 Å². The fourth-order valence-electron chi connectivity index (χ4n) is 1.84. The maximum atomic E-state index is 11.8. The first kappa shape index (κ1) is 16.4. The Bertz CT molecular complexity index is 669. The molecule has 122 valence electrons. The van der Waals surface area contributed by atoms with Crippen molar-refractivity contribution in [1.82, 2.24) is 9.55 Å². The van der Waals surface area contributed by atoms with Gasteiger partial charge in [-0.15, -0.1) is 0 Å². The maximum absolute atomic E-state index is 11.8. The van der Waals surface area contributed by atoms with E-state index in [1.54, 1.807) is 27.7 Å². The Morgan fingerprint density at radius 2 is 2.14 bits per heavy atom. The maximum Gasteiger partial charge on any atom is 0.330 e. The van der Waals surface area contributed by atoms with Crippen molar-refractivity contribution in [3.8, 4) is 0 Å². The third-order valence-corrected chi connectivity index (χ3v) is 3.15. The van der Waals surface area contributed by atoms with Crippen molar-refractivity contribution < 1.29 is 19.0 Å². The monoisotopic (exact) mass is 312 g/mol. The fourth-order valence-corrected chi connectivity index (χ4v) is 1.84. The summed E-state index contributed by atoms with van der Waals surface area (Å²) in [5, 5.41) is 0. The van der Waals surface area contributed by atoms with Crippen LogP contribution in [0.2, 0.25) is 0 Å². The molecule has 1 N–H and O–H groups in total. The highest BCUT2D eigenvalue weighted by Crippen LogP contribution is 2.21. The van der Waals surface area contributed by atoms with Gasteiger partial charge in [-0.1, -0.05) is 0 Å². The van der Waals surface area contributed by atoms with E-state index in [1.165, 1.54) is 10.8 Å². The van der Waals surface area contributed by atoms with Crippen molar-refractivity contribution in [3.05, 3.63) is 32.6 Å². The lowest BCUT2D eigenvalue weighted by atomic mass is 9.97. The Labute approximate surface area is 127 Å². The first-order chi connectivity index (χ1) is 10.2. The van der Waals surface area contributed by atoms with Crippen LogP contribution in [0.15, 0.2) is 15.8 Å². The molecule has 1 aromatic heterocycles. The summed E-state index contributed by atoms with van der Waals surface area (Å²) in [6.07, 6.45) is 0.00969. The molecule has 2 atom stereocenters. The topological polar surface area (TPSA) is 99.6 Å². The molecule has 0 amide bonds. The standard InChI is InChI=1S/C14H20N2O6/c1-8-5-16(13(19)15-11(8)17)9-6-20-10(22-9)7-21-12(18)14(2,3)4/h5,9-10H,6-7H2,1-4H3,(H,15,17,19)/t9-,10-/m1/s1. The van der Waals surface area contributed by atoms with Gasteiger partial charge in [0, 0.05) is 11.8 Å². The number of hydrogen-bond acceptors (Lipinski definition) is 6. The molecule has 0 unspecified atom stereocenters. The van der Waals surface area contributed by atoms with Gasteiger partial charge in [0.1, 0.15) is 6.61 Å². The molecule has 8 nitrogen and oxygen atoms in total. The van der Waals surface area contributed by atoms with Gasteiger partial charge in [0.2, 0.25) is 0 Å². The number of carbonyl (C=O) groups is 1. The fraction of sp³-hybridized carbons (Fsp3) is 0.643. The molecule has 0 saturated carbocycles. The van der Waals surface area contributed by atoms with E-state index in [4.69, 9.17) is 14.2 Å². The van der Waals surface area contributed by atoms with E-state index in [9.17, 15) is 14.4 Å². The minimum absolute atomic E-state index is 0.0519. The van der Waals surface area contributed by atoms with Gasteiger partial charge in [-0.3, -0.25) is 19.1 Å². The summed E-state index contributed by atoms with van der Waals surface area (Å²) >= 11 is 0. The summed E-state index contributed by atoms with van der Waals surface area (Å²) in [6.45, 7) is 6.91. The molecule has 2 rings (SSSR count). The quantitative estimate of drug-likeness (QED) is 0.806. The number of aryl methyl sites for hydroxylation is 1. The number of nitrogens with one attached hydrogen (secondary N) is 1. The van der Waals surface area contributed by atoms with Crippen LogP contribution in [-0.4, -0.2) is 35.0 Å². The average Bonchev–Trinajstić information content (AvgIpc) is 2.87. The van der Waals surface area contributed by atoms with E-state index in [1.807, 2.05) is 0 Å². The summed E-state index contributed by atoms with van der Waals surface area (Å²) < 4.78 is 17.3. The van der Waals surface area contributed by atoms with Crippen LogP contribution in [0.5, 0.6) is 0 Å². The lowest BCUT2D eigenvalue weighted by molar-refractivity contribution is -0.167. The van der Waals surface area contributed by atoms with E-state index in [0.717, 1.165) is 0 Å². The molecule has 0 aliphatic carbocycles. The predicted octanol–water partition coefficient (Wildman–Crippen LogP) is 0.306. The molecule has 22 heavy (non-hydrogen) atoms. The molecule has 0 radical (unpaired) electrons. The number of carbonyl (C=O) groups excluding carboxylic acids is 1. The van der Waals surface area contributed by atoms with Gasteiger partial charge < -0.3 is 14.2 Å². The van der Waals surface area contributed by atoms with Crippen LogP contribution in [0.25, 0.3) is 0 Å². The normalized spacial score (nSPS) is 21.8. The van der Waals surface area contributed by atoms with Gasteiger partial charge in [0.15, 0.2) is 12.5 Å². The molecule has 1 aliphatic rings. The van der Waals surface area contributed by atoms with Gasteiger partial charge in [0.25, 0.3) is 5.56 Å². The lowest BCUT2D eigenvalue weighted by Gasteiger charge is -2.18. The third kappa shape index (κ3) is 3.63. The molecule has 1 aliphatic heterocycles. The number of aromatic nitrogens is 2. The number of ether oxygens (including phenoxy) is 3. The van der Waals surface area contributed by atoms with Crippen molar-refractivity contribution in [3.63, 3.8) is 0 Å². The van der Waals surface area contributed by atoms with Crippen molar-refractivity contribution in [2.75, 3.05) is 13.2 Å². The molecule has 0 aromatic carbocycles. The van der Waals surface area contributed by atoms with E-state index in [0.29, 0.717) is 5.56 Å². The highest BCUT2D eigenvalue weighted by molar-refractivity contribution is 5.75. The summed E-state index contributed by atoms with van der Waals surface area (Å²) in [4.78, 5) is 37.0. The second-order valence-electron chi connectivity index (χ2n) is 6.18. The van der Waals surface area contributed by atoms with Crippen LogP contribution >= 0.6 is 0 Å². The van der Waals surface area contributed by atoms with Gasteiger partial charge >= 0.3 is 11.7 Å². The first-order valence-electron chi connectivity index (χ1n) is 6.95. The Balaban J connectivity index is 1.99. The third-order valence-electron chi connectivity index (χ3n) is 3.15. The van der Waals surface area contributed by atoms with Crippen LogP contribution in [0.3, 0.4) is 0 Å². The zero-order valence-electron chi connectivity index (χ0n) is 13.0. The second kappa shape index (κ2) is 6.05. The lowest BCUT2D eigenvalue weighted by Crippen LogP contribution is -2.34. The smallest absolute Gasteiger partial charge is 0.330 e. The number of hydrogen-bond donors (Lipinski definition) is 1. The SMILES string of the molecule is Cc1cn([C@H]2CO[C@@H](COC(=O)C(C)(C)C)O2)c(=O)[nH]c1=O. The van der Waals surface area contributed by atoms with Crippen molar-refractivity contribution >= 4 is 5.97 Å². The summed E-state index contributed by atoms with van der Waals surface area (Å²) in [5.41, 5.74) is -1.22. The molecule has 8 heteroatoms. The summed E-state index contributed by atoms with van der Waals surface area (Å²) in [7, 11) is 0. The molecule has 1 saturated heterocycles. The van der Waals surface area contributed by atoms with Crippen molar-refractivity contribution in [1.29, 1.82) is 0 Å². The zero-order chi connectivity index (χ0) is 16.5. The van der Waals surface area contributed by atoms with Gasteiger partial charge in [0.05, 0.1) is 12.0 Å². The predicted molar refractivity (Wildman–Crippen MR) is 76.3 cm³/mol. The average molecular weight is 312 g/mol. The molecule has 0 bridgehead atoms. The molecule has 1 aromatic rings. The van der Waals surface area contributed by atoms with E-state index >= 15 is 0 Å². The highest BCUT2D eigenvalue weighted by Gasteiger charge is 2.31. The Morgan fingerprint density at radius 3 is 2.77 bits per heavy atom. The van der Waals surface area contributed by atoms with E-state index in [2.05, 4.69) is 4.98 Å². The largest absolute Gasteiger partial charge is 0.460 e. The van der Waals surface area contributed by atoms with Gasteiger partial charge in [-0.25, -0.2) is 4.79 Å². The second-order valence-corrected chi connectivity index (χ2v) is 6.18. The number of esters is 1. The van der Waals surface area contributed by atoms with Gasteiger partial charge in [-0.2, -0.15) is 0 Å². The van der Waals surface area contributed by atoms with Crippen LogP contribution in [-0.2, 0) is 19.0 Å². The first-order valence-corrected chi connectivity index (χ1v) is 6.95. The van der Waals surface area contributed by atoms with Crippen LogP contribution in [0.4, 0.5) is 0 Å². The Morgan fingerprint density at radius 1 is 1.45 bits per heavy atom. The summed E-state index contributed by atoms with van der Waals surface area (Å²) in [5.74, 6) is -0.361. The number of H-pyrrole nitrogens is 1. The Hall–Kier alpha value is -1.93.